The summed E-state index contributed by atoms with van der Waals surface area (Å²) in [5, 5.41) is 9.66. The Morgan fingerprint density at radius 3 is 0.847 bits per heavy atom. The van der Waals surface area contributed by atoms with Gasteiger partial charge in [0.25, 0.3) is 0 Å². The number of aliphatic hydroxyl groups is 1. The average Bonchev–Trinajstić information content (AvgIpc) is 3.38. The van der Waals surface area contributed by atoms with Gasteiger partial charge in [-0.15, -0.1) is 0 Å². The van der Waals surface area contributed by atoms with Crippen molar-refractivity contribution >= 4 is 11.9 Å². The van der Waals surface area contributed by atoms with Crippen molar-refractivity contribution in [1.82, 2.24) is 0 Å². The summed E-state index contributed by atoms with van der Waals surface area (Å²) in [5.74, 6) is -0.638. The van der Waals surface area contributed by atoms with E-state index in [4.69, 9.17) is 9.47 Å². The first kappa shape index (κ1) is 67.5. The first-order valence-corrected chi connectivity index (χ1v) is 29.0. The molecule has 0 rings (SSSR count). The minimum Gasteiger partial charge on any atom is -0.462 e. The molecule has 0 radical (unpaired) electrons. The molecule has 0 aromatic heterocycles. The predicted molar refractivity (Wildman–Crippen MR) is 315 cm³/mol. The van der Waals surface area contributed by atoms with Crippen LogP contribution < -0.4 is 0 Å². The second-order valence-electron chi connectivity index (χ2n) is 18.6. The van der Waals surface area contributed by atoms with Crippen molar-refractivity contribution in [2.24, 2.45) is 0 Å². The van der Waals surface area contributed by atoms with Crippen LogP contribution in [-0.2, 0) is 19.1 Å². The van der Waals surface area contributed by atoms with Gasteiger partial charge < -0.3 is 14.6 Å². The Morgan fingerprint density at radius 2 is 0.556 bits per heavy atom. The molecular formula is C67H106O5. The van der Waals surface area contributed by atoms with Crippen molar-refractivity contribution in [2.75, 3.05) is 13.2 Å². The summed E-state index contributed by atoms with van der Waals surface area (Å²) in [6, 6.07) is 0. The molecule has 0 amide bonds. The molecule has 0 aromatic carbocycles. The SMILES string of the molecule is CC/C=C\C/C=C\C/C=C\C/C=C\C/C=C\C/C=C\C/C=C\CCCCCC(=O)OC(CO)COC(=O)CCCCCCCCCCCCCCCC/C=C\C/C=C\C/C=C\C/C=C\C/C=C\C/C=C\CC. The van der Waals surface area contributed by atoms with Gasteiger partial charge in [-0.25, -0.2) is 0 Å². The van der Waals surface area contributed by atoms with Crippen molar-refractivity contribution < 1.29 is 24.2 Å². The summed E-state index contributed by atoms with van der Waals surface area (Å²) < 4.78 is 10.7. The number of carbonyl (C=O) groups excluding carboxylic acids is 2. The van der Waals surface area contributed by atoms with E-state index in [-0.39, 0.29) is 25.2 Å². The molecule has 5 heteroatoms. The molecule has 0 aromatic rings. The van der Waals surface area contributed by atoms with E-state index in [1.807, 2.05) is 0 Å². The third-order valence-electron chi connectivity index (χ3n) is 11.8. The third kappa shape index (κ3) is 58.1. The fraction of sp³-hybridized carbons (Fsp3) is 0.582. The van der Waals surface area contributed by atoms with Crippen LogP contribution in [0.4, 0.5) is 0 Å². The van der Waals surface area contributed by atoms with Gasteiger partial charge >= 0.3 is 11.9 Å². The first-order valence-electron chi connectivity index (χ1n) is 29.0. The van der Waals surface area contributed by atoms with Crippen LogP contribution in [0, 0.1) is 0 Å². The Hall–Kier alpha value is -4.48. The lowest BCUT2D eigenvalue weighted by atomic mass is 10.0. The molecule has 404 valence electrons. The first-order chi connectivity index (χ1) is 35.6. The van der Waals surface area contributed by atoms with Crippen LogP contribution in [-0.4, -0.2) is 36.4 Å². The number of carbonyl (C=O) groups is 2. The van der Waals surface area contributed by atoms with Crippen molar-refractivity contribution in [2.45, 2.75) is 238 Å². The Balaban J connectivity index is 3.60. The van der Waals surface area contributed by atoms with Crippen molar-refractivity contribution in [3.63, 3.8) is 0 Å². The fourth-order valence-corrected chi connectivity index (χ4v) is 7.54. The Kier molecular flexibility index (Phi) is 57.0. The van der Waals surface area contributed by atoms with Gasteiger partial charge in [0.2, 0.25) is 0 Å². The smallest absolute Gasteiger partial charge is 0.306 e. The van der Waals surface area contributed by atoms with Gasteiger partial charge in [0.1, 0.15) is 6.61 Å². The lowest BCUT2D eigenvalue weighted by Crippen LogP contribution is -2.28. The van der Waals surface area contributed by atoms with Crippen LogP contribution in [0.15, 0.2) is 158 Å². The van der Waals surface area contributed by atoms with Gasteiger partial charge in [0, 0.05) is 12.8 Å². The average molecular weight is 992 g/mol. The lowest BCUT2D eigenvalue weighted by Gasteiger charge is -2.15. The molecule has 0 saturated heterocycles. The minimum absolute atomic E-state index is 0.0896. The number of aliphatic hydroxyl groups excluding tert-OH is 1. The van der Waals surface area contributed by atoms with Gasteiger partial charge in [0.05, 0.1) is 6.61 Å². The summed E-state index contributed by atoms with van der Waals surface area (Å²) >= 11 is 0. The van der Waals surface area contributed by atoms with Crippen LogP contribution in [0.2, 0.25) is 0 Å². The summed E-state index contributed by atoms with van der Waals surface area (Å²) in [6.45, 7) is 3.88. The Morgan fingerprint density at radius 1 is 0.319 bits per heavy atom. The molecule has 72 heavy (non-hydrogen) atoms. The van der Waals surface area contributed by atoms with Crippen molar-refractivity contribution in [1.29, 1.82) is 0 Å². The molecule has 0 aliphatic carbocycles. The van der Waals surface area contributed by atoms with E-state index in [9.17, 15) is 14.7 Å². The lowest BCUT2D eigenvalue weighted by molar-refractivity contribution is -0.161. The quantitative estimate of drug-likeness (QED) is 0.0373. The molecule has 1 N–H and O–H groups in total. The van der Waals surface area contributed by atoms with Crippen molar-refractivity contribution in [3.8, 4) is 0 Å². The van der Waals surface area contributed by atoms with Crippen molar-refractivity contribution in [3.05, 3.63) is 158 Å². The van der Waals surface area contributed by atoms with E-state index in [1.54, 1.807) is 0 Å². The van der Waals surface area contributed by atoms with E-state index >= 15 is 0 Å². The maximum atomic E-state index is 12.3. The van der Waals surface area contributed by atoms with E-state index in [2.05, 4.69) is 172 Å². The zero-order valence-corrected chi connectivity index (χ0v) is 46.1. The van der Waals surface area contributed by atoms with Crippen LogP contribution in [0.1, 0.15) is 232 Å². The molecule has 0 bridgehead atoms. The Bertz CT molecular complexity index is 1590. The molecule has 0 spiro atoms. The van der Waals surface area contributed by atoms with Crippen LogP contribution in [0.5, 0.6) is 0 Å². The second-order valence-corrected chi connectivity index (χ2v) is 18.6. The molecule has 0 fully saturated rings. The summed E-state index contributed by atoms with van der Waals surface area (Å²) in [4.78, 5) is 24.5. The highest BCUT2D eigenvalue weighted by Gasteiger charge is 2.16. The highest BCUT2D eigenvalue weighted by atomic mass is 16.6. The molecular weight excluding hydrogens is 885 g/mol. The van der Waals surface area contributed by atoms with Gasteiger partial charge in [0.15, 0.2) is 6.10 Å². The molecule has 0 saturated carbocycles. The van der Waals surface area contributed by atoms with Crippen LogP contribution >= 0.6 is 0 Å². The molecule has 1 unspecified atom stereocenters. The number of ether oxygens (including phenoxy) is 2. The topological polar surface area (TPSA) is 72.8 Å². The molecule has 0 aliphatic heterocycles. The van der Waals surface area contributed by atoms with Crippen LogP contribution in [0.3, 0.4) is 0 Å². The highest BCUT2D eigenvalue weighted by Crippen LogP contribution is 2.15. The maximum Gasteiger partial charge on any atom is 0.306 e. The van der Waals surface area contributed by atoms with E-state index in [0.717, 1.165) is 128 Å². The van der Waals surface area contributed by atoms with E-state index in [0.29, 0.717) is 12.8 Å². The zero-order chi connectivity index (χ0) is 52.0. The Labute approximate surface area is 443 Å². The predicted octanol–water partition coefficient (Wildman–Crippen LogP) is 20.0. The summed E-state index contributed by atoms with van der Waals surface area (Å²) in [7, 11) is 0. The molecule has 0 heterocycles. The van der Waals surface area contributed by atoms with Gasteiger partial charge in [-0.05, 0) is 122 Å². The number of unbranched alkanes of at least 4 members (excludes halogenated alkanes) is 17. The maximum absolute atomic E-state index is 12.3. The van der Waals surface area contributed by atoms with Gasteiger partial charge in [-0.2, -0.15) is 0 Å². The van der Waals surface area contributed by atoms with Gasteiger partial charge in [-0.1, -0.05) is 255 Å². The largest absolute Gasteiger partial charge is 0.462 e. The zero-order valence-electron chi connectivity index (χ0n) is 46.1. The number of esters is 2. The molecule has 1 atom stereocenters. The van der Waals surface area contributed by atoms with Gasteiger partial charge in [-0.3, -0.25) is 9.59 Å². The summed E-state index contributed by atoms with van der Waals surface area (Å²) in [6.07, 6.45) is 93.5. The number of allylic oxidation sites excluding steroid dienone is 26. The monoisotopic (exact) mass is 991 g/mol. The van der Waals surface area contributed by atoms with Crippen LogP contribution in [0.25, 0.3) is 0 Å². The number of hydrogen-bond acceptors (Lipinski definition) is 5. The number of hydrogen-bond donors (Lipinski definition) is 1. The standard InChI is InChI=1S/C67H106O5/c1-3-5-7-9-11-13-15-17-19-21-23-25-27-29-30-31-32-33-34-35-36-38-39-41-43-45-47-49-51-53-55-57-59-61-66(69)71-64-65(63-68)72-67(70)62-60-58-56-54-52-50-48-46-44-42-40-37-28-26-24-22-20-18-16-14-12-10-8-6-4-2/h5-8,11-14,17-20,23-26,29-30,32-33,37,40,44,46,50,52,65,68H,3-4,9-10,15-16,21-22,27-28,31,34-36,38-39,41-43,45,47-49,51,53-64H2,1-2H3/b7-5-,8-6-,13-11-,14-12-,19-17-,20-18-,25-23-,26-24-,30-29-,33-32-,40-37-,46-44-,52-50-. The fourth-order valence-electron chi connectivity index (χ4n) is 7.54. The molecule has 5 nitrogen and oxygen atoms in total. The molecule has 0 aliphatic rings. The third-order valence-corrected chi connectivity index (χ3v) is 11.8. The second kappa shape index (κ2) is 60.8. The summed E-state index contributed by atoms with van der Waals surface area (Å²) in [5.41, 5.74) is 0. The highest BCUT2D eigenvalue weighted by molar-refractivity contribution is 5.70. The van der Waals surface area contributed by atoms with E-state index < -0.39 is 6.10 Å². The minimum atomic E-state index is -0.803. The normalized spacial score (nSPS) is 13.4. The number of rotatable bonds is 51. The van der Waals surface area contributed by atoms with E-state index in [1.165, 1.54) is 77.0 Å².